The molecule has 1 heterocycles. The largest absolute Gasteiger partial charge is 0.443 e. The minimum Gasteiger partial charge on any atom is -0.443 e. The lowest BCUT2D eigenvalue weighted by Gasteiger charge is -2.32. The second kappa shape index (κ2) is 4.73. The van der Waals surface area contributed by atoms with Crippen molar-refractivity contribution in [1.82, 2.24) is 9.55 Å². The first-order valence-corrected chi connectivity index (χ1v) is 5.61. The molecule has 0 aliphatic rings. The molecule has 0 fully saturated rings. The summed E-state index contributed by atoms with van der Waals surface area (Å²) < 4.78 is 6.78. The number of imidazole rings is 1. The van der Waals surface area contributed by atoms with Gasteiger partial charge in [0.05, 0.1) is 0 Å². The monoisotopic (exact) mass is 236 g/mol. The van der Waals surface area contributed by atoms with Crippen molar-refractivity contribution in [2.24, 2.45) is 5.41 Å². The van der Waals surface area contributed by atoms with E-state index in [1.807, 2.05) is 19.9 Å². The number of aromatic nitrogens is 2. The topological polar surface area (TPSA) is 44.1 Å². The van der Waals surface area contributed by atoms with Crippen LogP contribution in [-0.2, 0) is 4.74 Å². The number of allylic oxidation sites excluding steroid dienone is 1. The number of nitrogens with zero attached hydrogens (tertiary/aromatic N) is 2. The van der Waals surface area contributed by atoms with E-state index in [1.54, 1.807) is 12.4 Å². The fourth-order valence-electron chi connectivity index (χ4n) is 1.86. The molecule has 17 heavy (non-hydrogen) atoms. The summed E-state index contributed by atoms with van der Waals surface area (Å²) in [5.74, 6) is 0. The summed E-state index contributed by atoms with van der Waals surface area (Å²) in [4.78, 5) is 15.6. The highest BCUT2D eigenvalue weighted by Gasteiger charge is 2.30. The first kappa shape index (κ1) is 13.5. The van der Waals surface area contributed by atoms with Crippen LogP contribution in [0, 0.1) is 5.41 Å². The molecule has 0 saturated heterocycles. The molecule has 0 unspecified atom stereocenters. The molecule has 1 aromatic heterocycles. The second-order valence-corrected chi connectivity index (χ2v) is 5.47. The smallest absolute Gasteiger partial charge is 0.419 e. The molecule has 4 nitrogen and oxygen atoms in total. The maximum atomic E-state index is 11.8. The Balaban J connectivity index is 2.67. The molecule has 0 amide bonds. The predicted molar refractivity (Wildman–Crippen MR) is 66.8 cm³/mol. The van der Waals surface area contributed by atoms with Crippen molar-refractivity contribution in [2.75, 3.05) is 0 Å². The van der Waals surface area contributed by atoms with E-state index in [4.69, 9.17) is 4.74 Å². The van der Waals surface area contributed by atoms with Gasteiger partial charge in [-0.3, -0.25) is 0 Å². The van der Waals surface area contributed by atoms with Crippen molar-refractivity contribution >= 4 is 6.09 Å². The van der Waals surface area contributed by atoms with Crippen LogP contribution in [0.2, 0.25) is 0 Å². The Bertz CT molecular complexity index is 392. The molecule has 0 aliphatic heterocycles. The molecule has 0 radical (unpaired) electrons. The zero-order valence-corrected chi connectivity index (χ0v) is 10.9. The van der Waals surface area contributed by atoms with Gasteiger partial charge in [-0.25, -0.2) is 14.3 Å². The number of ether oxygens (including phenoxy) is 1. The molecule has 0 saturated carbocycles. The van der Waals surface area contributed by atoms with Gasteiger partial charge in [0.15, 0.2) is 0 Å². The Morgan fingerprint density at radius 2 is 2.12 bits per heavy atom. The van der Waals surface area contributed by atoms with Crippen molar-refractivity contribution in [3.63, 3.8) is 0 Å². The molecule has 0 atom stereocenters. The lowest BCUT2D eigenvalue weighted by Crippen LogP contribution is -2.34. The van der Waals surface area contributed by atoms with Crippen molar-refractivity contribution in [3.05, 3.63) is 31.4 Å². The number of rotatable bonds is 4. The van der Waals surface area contributed by atoms with Gasteiger partial charge in [-0.2, -0.15) is 0 Å². The number of hydrogen-bond donors (Lipinski definition) is 0. The summed E-state index contributed by atoms with van der Waals surface area (Å²) in [6.45, 7) is 11.7. The van der Waals surface area contributed by atoms with Crippen LogP contribution >= 0.6 is 0 Å². The van der Waals surface area contributed by atoms with Gasteiger partial charge < -0.3 is 4.74 Å². The van der Waals surface area contributed by atoms with E-state index in [0.717, 1.165) is 0 Å². The number of carbonyl (C=O) groups excluding carboxylic acids is 1. The fraction of sp³-hybridized carbons (Fsp3) is 0.538. The molecule has 4 heteroatoms. The first-order chi connectivity index (χ1) is 7.76. The molecule has 1 rings (SSSR count). The van der Waals surface area contributed by atoms with Crippen molar-refractivity contribution in [2.45, 2.75) is 39.7 Å². The quantitative estimate of drug-likeness (QED) is 0.754. The van der Waals surface area contributed by atoms with Crippen LogP contribution < -0.4 is 0 Å². The zero-order chi connectivity index (χ0) is 13.1. The summed E-state index contributed by atoms with van der Waals surface area (Å²) in [6.07, 6.45) is 6.71. The number of hydrogen-bond acceptors (Lipinski definition) is 3. The minimum atomic E-state index is -0.543. The highest BCUT2D eigenvalue weighted by Crippen LogP contribution is 2.31. The van der Waals surface area contributed by atoms with Crippen LogP contribution in [0.15, 0.2) is 31.4 Å². The van der Waals surface area contributed by atoms with E-state index >= 15 is 0 Å². The molecular weight excluding hydrogens is 216 g/mol. The Morgan fingerprint density at radius 3 is 2.59 bits per heavy atom. The molecule has 1 aromatic rings. The molecule has 0 spiro atoms. The predicted octanol–water partition coefficient (Wildman–Crippen LogP) is 3.25. The van der Waals surface area contributed by atoms with Gasteiger partial charge >= 0.3 is 6.09 Å². The van der Waals surface area contributed by atoms with E-state index in [-0.39, 0.29) is 5.41 Å². The molecule has 0 N–H and O–H groups in total. The van der Waals surface area contributed by atoms with E-state index in [2.05, 4.69) is 25.4 Å². The van der Waals surface area contributed by atoms with Gasteiger partial charge in [0.25, 0.3) is 0 Å². The summed E-state index contributed by atoms with van der Waals surface area (Å²) in [6, 6.07) is 0. The highest BCUT2D eigenvalue weighted by molar-refractivity contribution is 5.70. The third-order valence-corrected chi connectivity index (χ3v) is 2.51. The van der Waals surface area contributed by atoms with Gasteiger partial charge in [0.1, 0.15) is 11.9 Å². The number of carbonyl (C=O) groups is 1. The average molecular weight is 236 g/mol. The molecule has 0 aliphatic carbocycles. The van der Waals surface area contributed by atoms with Crippen LogP contribution in [0.3, 0.4) is 0 Å². The van der Waals surface area contributed by atoms with Crippen LogP contribution in [0.5, 0.6) is 0 Å². The molecule has 0 bridgehead atoms. The summed E-state index contributed by atoms with van der Waals surface area (Å²) in [5, 5.41) is 0. The zero-order valence-electron chi connectivity index (χ0n) is 10.9. The van der Waals surface area contributed by atoms with Gasteiger partial charge in [-0.05, 0) is 25.7 Å². The second-order valence-electron chi connectivity index (χ2n) is 5.47. The lowest BCUT2D eigenvalue weighted by molar-refractivity contribution is 0.0155. The maximum absolute atomic E-state index is 11.8. The third kappa shape index (κ3) is 4.06. The highest BCUT2D eigenvalue weighted by atomic mass is 16.6. The van der Waals surface area contributed by atoms with Crippen molar-refractivity contribution in [3.8, 4) is 0 Å². The maximum Gasteiger partial charge on any atom is 0.419 e. The van der Waals surface area contributed by atoms with E-state index in [9.17, 15) is 4.79 Å². The molecule has 0 aromatic carbocycles. The fourth-order valence-corrected chi connectivity index (χ4v) is 1.86. The van der Waals surface area contributed by atoms with Crippen LogP contribution in [0.25, 0.3) is 0 Å². The summed E-state index contributed by atoms with van der Waals surface area (Å²) in [7, 11) is 0. The van der Waals surface area contributed by atoms with Crippen molar-refractivity contribution < 1.29 is 9.53 Å². The van der Waals surface area contributed by atoms with E-state index in [0.29, 0.717) is 6.42 Å². The third-order valence-electron chi connectivity index (χ3n) is 2.51. The van der Waals surface area contributed by atoms with Gasteiger partial charge in [-0.1, -0.05) is 19.9 Å². The van der Waals surface area contributed by atoms with E-state index < -0.39 is 11.7 Å². The van der Waals surface area contributed by atoms with Crippen molar-refractivity contribution in [1.29, 1.82) is 0 Å². The Kier molecular flexibility index (Phi) is 3.76. The Morgan fingerprint density at radius 1 is 1.47 bits per heavy atom. The van der Waals surface area contributed by atoms with Crippen LogP contribution in [-0.4, -0.2) is 21.2 Å². The Hall–Kier alpha value is -1.58. The van der Waals surface area contributed by atoms with Gasteiger partial charge in [0, 0.05) is 12.4 Å². The minimum absolute atomic E-state index is 0.0707. The summed E-state index contributed by atoms with van der Waals surface area (Å²) in [5.41, 5.74) is -0.613. The first-order valence-electron chi connectivity index (χ1n) is 5.61. The van der Waals surface area contributed by atoms with E-state index in [1.165, 1.54) is 10.9 Å². The normalized spacial score (nSPS) is 12.2. The summed E-state index contributed by atoms with van der Waals surface area (Å²) >= 11 is 0. The van der Waals surface area contributed by atoms with Crippen LogP contribution in [0.1, 0.15) is 34.1 Å². The average Bonchev–Trinajstić information content (AvgIpc) is 2.67. The Labute approximate surface area is 102 Å². The SMILES string of the molecule is C=CC(C)(C)CC(C)(C)OC(=O)n1ccnc1. The lowest BCUT2D eigenvalue weighted by atomic mass is 9.82. The van der Waals surface area contributed by atoms with Gasteiger partial charge in [0.2, 0.25) is 0 Å². The standard InChI is InChI=1S/C13H20N2O2/c1-6-12(2,3)9-13(4,5)17-11(16)15-8-7-14-10-15/h6-8,10H,1,9H2,2-5H3. The molecule has 94 valence electrons. The molecular formula is C13H20N2O2. The van der Waals surface area contributed by atoms with Crippen LogP contribution in [0.4, 0.5) is 4.79 Å². The van der Waals surface area contributed by atoms with Gasteiger partial charge in [-0.15, -0.1) is 6.58 Å².